The van der Waals surface area contributed by atoms with E-state index in [9.17, 15) is 14.7 Å². The Bertz CT molecular complexity index is 396. The van der Waals surface area contributed by atoms with E-state index >= 15 is 0 Å². The number of aliphatic carboxylic acids is 1. The van der Waals surface area contributed by atoms with E-state index in [1.165, 1.54) is 6.42 Å². The van der Waals surface area contributed by atoms with Gasteiger partial charge >= 0.3 is 5.97 Å². The lowest BCUT2D eigenvalue weighted by Gasteiger charge is -2.53. The topological polar surface area (TPSA) is 69.6 Å². The number of halogens is 1. The number of amides is 1. The number of rotatable bonds is 7. The molecule has 2 unspecified atom stereocenters. The van der Waals surface area contributed by atoms with Gasteiger partial charge in [0.2, 0.25) is 5.91 Å². The fourth-order valence-electron chi connectivity index (χ4n) is 2.58. The number of carbonyl (C=O) groups is 2. The molecular formula is C13H21BrN2O3S. The van der Waals surface area contributed by atoms with Crippen molar-refractivity contribution in [2.45, 2.75) is 37.6 Å². The van der Waals surface area contributed by atoms with Crippen LogP contribution in [0.25, 0.3) is 0 Å². The molecule has 0 radical (unpaired) electrons. The average molecular weight is 365 g/mol. The zero-order chi connectivity index (χ0) is 14.8. The molecule has 2 aliphatic rings. The summed E-state index contributed by atoms with van der Waals surface area (Å²) in [7, 11) is 0. The van der Waals surface area contributed by atoms with Gasteiger partial charge in [-0.2, -0.15) is 0 Å². The van der Waals surface area contributed by atoms with Crippen molar-refractivity contribution in [1.29, 1.82) is 0 Å². The highest BCUT2D eigenvalue weighted by atomic mass is 79.9. The molecule has 2 N–H and O–H groups in total. The molecule has 0 aromatic rings. The van der Waals surface area contributed by atoms with Crippen LogP contribution in [0.4, 0.5) is 0 Å². The molecule has 1 amide bonds. The van der Waals surface area contributed by atoms with Gasteiger partial charge in [-0.05, 0) is 13.0 Å². The summed E-state index contributed by atoms with van der Waals surface area (Å²) in [5, 5.41) is 13.2. The van der Waals surface area contributed by atoms with Crippen molar-refractivity contribution in [3.8, 4) is 0 Å². The predicted molar refractivity (Wildman–Crippen MR) is 83.1 cm³/mol. The van der Waals surface area contributed by atoms with Crippen LogP contribution >= 0.6 is 27.7 Å². The third-order valence-corrected chi connectivity index (χ3v) is 6.66. The lowest BCUT2D eigenvalue weighted by atomic mass is 9.89. The van der Waals surface area contributed by atoms with Crippen LogP contribution in [0, 0.1) is 5.41 Å². The molecule has 0 bridgehead atoms. The number of β-lactam (4-membered cyclic amide) rings is 1. The molecule has 2 heterocycles. The van der Waals surface area contributed by atoms with Crippen LogP contribution in [0.1, 0.15) is 26.2 Å². The van der Waals surface area contributed by atoms with Gasteiger partial charge in [-0.3, -0.25) is 9.59 Å². The van der Waals surface area contributed by atoms with Crippen molar-refractivity contribution in [3.05, 3.63) is 0 Å². The summed E-state index contributed by atoms with van der Waals surface area (Å²) in [6.07, 6.45) is 3.41. The predicted octanol–water partition coefficient (Wildman–Crippen LogP) is 1.52. The van der Waals surface area contributed by atoms with Gasteiger partial charge in [0.25, 0.3) is 0 Å². The number of hydrogen-bond donors (Lipinski definition) is 2. The van der Waals surface area contributed by atoms with E-state index in [1.54, 1.807) is 16.7 Å². The molecule has 2 aliphatic heterocycles. The van der Waals surface area contributed by atoms with Crippen LogP contribution < -0.4 is 5.32 Å². The normalized spacial score (nSPS) is 32.7. The first-order valence-corrected chi connectivity index (χ1v) is 9.17. The summed E-state index contributed by atoms with van der Waals surface area (Å²) in [5.74, 6) is -0.229. The molecule has 5 nitrogen and oxygen atoms in total. The number of thioether (sulfide) groups is 1. The number of carboxylic acid groups (broad SMARTS) is 1. The number of fused-ring (bicyclic) bond motifs is 1. The quantitative estimate of drug-likeness (QED) is 0.407. The highest BCUT2D eigenvalue weighted by Crippen LogP contribution is 2.42. The minimum atomic E-state index is -0.843. The molecular weight excluding hydrogens is 344 g/mol. The molecule has 20 heavy (non-hydrogen) atoms. The Labute approximate surface area is 132 Å². The van der Waals surface area contributed by atoms with Crippen molar-refractivity contribution < 1.29 is 14.7 Å². The highest BCUT2D eigenvalue weighted by molar-refractivity contribution is 9.09. The van der Waals surface area contributed by atoms with Gasteiger partial charge in [0.15, 0.2) is 0 Å². The van der Waals surface area contributed by atoms with Crippen LogP contribution in [-0.2, 0) is 9.59 Å². The van der Waals surface area contributed by atoms with E-state index in [0.717, 1.165) is 19.4 Å². The fourth-order valence-corrected chi connectivity index (χ4v) is 5.03. The summed E-state index contributed by atoms with van der Waals surface area (Å²) < 4.78 is 0. The SMILES string of the molecule is CCCCCNC1C(=O)N2CC(CBr)(C(=O)O)CS[C@H]12. The van der Waals surface area contributed by atoms with Crippen molar-refractivity contribution in [3.63, 3.8) is 0 Å². The molecule has 0 aromatic carbocycles. The Morgan fingerprint density at radius 2 is 2.35 bits per heavy atom. The van der Waals surface area contributed by atoms with Gasteiger partial charge in [0.05, 0.1) is 0 Å². The minimum absolute atomic E-state index is 0.0465. The van der Waals surface area contributed by atoms with Crippen molar-refractivity contribution in [1.82, 2.24) is 10.2 Å². The minimum Gasteiger partial charge on any atom is -0.481 e. The Morgan fingerprint density at radius 3 is 2.95 bits per heavy atom. The lowest BCUT2D eigenvalue weighted by Crippen LogP contribution is -2.73. The first-order chi connectivity index (χ1) is 9.55. The van der Waals surface area contributed by atoms with Crippen molar-refractivity contribution in [2.75, 3.05) is 24.2 Å². The van der Waals surface area contributed by atoms with Gasteiger partial charge in [0.1, 0.15) is 16.8 Å². The maximum atomic E-state index is 12.1. The number of nitrogens with zero attached hydrogens (tertiary/aromatic N) is 1. The van der Waals surface area contributed by atoms with Gasteiger partial charge in [0, 0.05) is 17.6 Å². The number of alkyl halides is 1. The molecule has 2 saturated heterocycles. The van der Waals surface area contributed by atoms with E-state index in [2.05, 4.69) is 28.2 Å². The number of nitrogens with one attached hydrogen (secondary N) is 1. The first kappa shape index (κ1) is 16.1. The van der Waals surface area contributed by atoms with Crippen molar-refractivity contribution in [2.24, 2.45) is 5.41 Å². The van der Waals surface area contributed by atoms with Crippen LogP contribution in [0.5, 0.6) is 0 Å². The fraction of sp³-hybridized carbons (Fsp3) is 0.846. The van der Waals surface area contributed by atoms with E-state index in [1.807, 2.05) is 0 Å². The Hall–Kier alpha value is -0.270. The molecule has 2 fully saturated rings. The maximum Gasteiger partial charge on any atom is 0.313 e. The van der Waals surface area contributed by atoms with Gasteiger partial charge in [-0.1, -0.05) is 35.7 Å². The Balaban J connectivity index is 1.89. The summed E-state index contributed by atoms with van der Waals surface area (Å²) in [4.78, 5) is 25.3. The molecule has 0 aliphatic carbocycles. The van der Waals surface area contributed by atoms with Crippen LogP contribution in [0.2, 0.25) is 0 Å². The summed E-state index contributed by atoms with van der Waals surface area (Å²) in [6, 6.07) is -0.126. The lowest BCUT2D eigenvalue weighted by molar-refractivity contribution is -0.156. The zero-order valence-corrected chi connectivity index (χ0v) is 14.0. The number of carboxylic acids is 1. The highest BCUT2D eigenvalue weighted by Gasteiger charge is 2.56. The second-order valence-corrected chi connectivity index (χ2v) is 7.19. The van der Waals surface area contributed by atoms with Gasteiger partial charge in [-0.25, -0.2) is 0 Å². The van der Waals surface area contributed by atoms with Crippen LogP contribution in [-0.4, -0.2) is 57.5 Å². The molecule has 114 valence electrons. The summed E-state index contributed by atoms with van der Waals surface area (Å²) >= 11 is 4.87. The van der Waals surface area contributed by atoms with Crippen molar-refractivity contribution >= 4 is 39.6 Å². The number of hydrogen-bond acceptors (Lipinski definition) is 4. The molecule has 2 rings (SSSR count). The Morgan fingerprint density at radius 1 is 1.60 bits per heavy atom. The third-order valence-electron chi connectivity index (χ3n) is 4.00. The largest absolute Gasteiger partial charge is 0.481 e. The van der Waals surface area contributed by atoms with Gasteiger partial charge < -0.3 is 15.3 Å². The third kappa shape index (κ3) is 2.85. The van der Waals surface area contributed by atoms with E-state index in [0.29, 0.717) is 17.6 Å². The van der Waals surface area contributed by atoms with E-state index < -0.39 is 11.4 Å². The average Bonchev–Trinajstić information content (AvgIpc) is 2.46. The number of carbonyl (C=O) groups excluding carboxylic acids is 1. The monoisotopic (exact) mass is 364 g/mol. The molecule has 0 aromatic heterocycles. The molecule has 0 spiro atoms. The van der Waals surface area contributed by atoms with Gasteiger partial charge in [-0.15, -0.1) is 11.8 Å². The summed E-state index contributed by atoms with van der Waals surface area (Å²) in [5.41, 5.74) is -0.843. The van der Waals surface area contributed by atoms with E-state index in [-0.39, 0.29) is 17.3 Å². The molecule has 7 heteroatoms. The summed E-state index contributed by atoms with van der Waals surface area (Å²) in [6.45, 7) is 3.33. The molecule has 0 saturated carbocycles. The maximum absolute atomic E-state index is 12.1. The second kappa shape index (κ2) is 6.66. The second-order valence-electron chi connectivity index (χ2n) is 5.53. The van der Waals surface area contributed by atoms with Crippen LogP contribution in [0.3, 0.4) is 0 Å². The van der Waals surface area contributed by atoms with Crippen LogP contribution in [0.15, 0.2) is 0 Å². The molecule has 3 atom stereocenters. The number of unbranched alkanes of at least 4 members (excludes halogenated alkanes) is 2. The standard InChI is InChI=1S/C13H21BrN2O3S/c1-2-3-4-5-15-9-10(17)16-7-13(6-14,12(18)19)8-20-11(9)16/h9,11,15H,2-8H2,1H3,(H,18,19)/t9?,11-,13?/m1/s1. The van der Waals surface area contributed by atoms with E-state index in [4.69, 9.17) is 0 Å². The zero-order valence-electron chi connectivity index (χ0n) is 11.6. The Kier molecular flexibility index (Phi) is 5.36. The first-order valence-electron chi connectivity index (χ1n) is 7.00. The smallest absolute Gasteiger partial charge is 0.313 e.